The second kappa shape index (κ2) is 5.95. The largest absolute Gasteiger partial charge is 0.392 e. The van der Waals surface area contributed by atoms with Gasteiger partial charge in [-0.15, -0.1) is 0 Å². The van der Waals surface area contributed by atoms with Crippen LogP contribution >= 0.6 is 11.8 Å². The third-order valence-corrected chi connectivity index (χ3v) is 3.77. The Morgan fingerprint density at radius 1 is 1.64 bits per heavy atom. The van der Waals surface area contributed by atoms with E-state index in [4.69, 9.17) is 10.5 Å². The van der Waals surface area contributed by atoms with Crippen molar-refractivity contribution in [1.82, 2.24) is 0 Å². The highest BCUT2D eigenvalue weighted by atomic mass is 32.2. The van der Waals surface area contributed by atoms with E-state index in [1.54, 1.807) is 0 Å². The molecule has 1 heterocycles. The molecule has 1 saturated heterocycles. The van der Waals surface area contributed by atoms with Gasteiger partial charge in [0.2, 0.25) is 0 Å². The maximum Gasteiger partial charge on any atom is 0.0631 e. The molecule has 0 aromatic rings. The molecule has 3 N–H and O–H groups in total. The van der Waals surface area contributed by atoms with Crippen molar-refractivity contribution in [3.05, 3.63) is 0 Å². The van der Waals surface area contributed by atoms with Crippen LogP contribution in [0.25, 0.3) is 0 Å². The Balaban J connectivity index is 2.35. The fourth-order valence-corrected chi connectivity index (χ4v) is 2.37. The molecule has 0 saturated carbocycles. The molecule has 14 heavy (non-hydrogen) atoms. The highest BCUT2D eigenvalue weighted by Crippen LogP contribution is 2.33. The lowest BCUT2D eigenvalue weighted by molar-refractivity contribution is 0.0147. The summed E-state index contributed by atoms with van der Waals surface area (Å²) in [7, 11) is 0. The molecule has 0 bridgehead atoms. The van der Waals surface area contributed by atoms with E-state index < -0.39 is 0 Å². The highest BCUT2D eigenvalue weighted by molar-refractivity contribution is 7.98. The molecule has 1 aliphatic rings. The summed E-state index contributed by atoms with van der Waals surface area (Å²) in [6, 6.07) is 0. The number of thioether (sulfide) groups is 1. The maximum absolute atomic E-state index is 10.1. The van der Waals surface area contributed by atoms with E-state index in [9.17, 15) is 5.11 Å². The van der Waals surface area contributed by atoms with Crippen LogP contribution in [0.2, 0.25) is 0 Å². The zero-order valence-electron chi connectivity index (χ0n) is 8.87. The molecule has 3 nitrogen and oxygen atoms in total. The summed E-state index contributed by atoms with van der Waals surface area (Å²) in [4.78, 5) is 0. The normalized spacial score (nSPS) is 29.4. The first-order valence-corrected chi connectivity index (χ1v) is 6.59. The Morgan fingerprint density at radius 2 is 2.43 bits per heavy atom. The minimum atomic E-state index is -0.290. The van der Waals surface area contributed by atoms with Gasteiger partial charge in [0.1, 0.15) is 0 Å². The summed E-state index contributed by atoms with van der Waals surface area (Å²) in [5, 5.41) is 10.1. The second-order valence-electron chi connectivity index (χ2n) is 4.02. The van der Waals surface area contributed by atoms with E-state index in [1.807, 2.05) is 11.8 Å². The standard InChI is InChI=1S/C10H21NO2S/c1-14-6-2-3-9(12)10(7-11)4-5-13-8-10/h9,12H,2-8,11H2,1H3. The van der Waals surface area contributed by atoms with Gasteiger partial charge in [0.15, 0.2) is 0 Å². The summed E-state index contributed by atoms with van der Waals surface area (Å²) in [5.41, 5.74) is 5.57. The van der Waals surface area contributed by atoms with Crippen LogP contribution in [0.4, 0.5) is 0 Å². The van der Waals surface area contributed by atoms with Gasteiger partial charge >= 0.3 is 0 Å². The summed E-state index contributed by atoms with van der Waals surface area (Å²) < 4.78 is 5.33. The van der Waals surface area contributed by atoms with Crippen molar-refractivity contribution in [2.45, 2.75) is 25.4 Å². The number of nitrogens with two attached hydrogens (primary N) is 1. The first kappa shape index (κ1) is 12.3. The molecular formula is C10H21NO2S. The molecular weight excluding hydrogens is 198 g/mol. The molecule has 84 valence electrons. The van der Waals surface area contributed by atoms with E-state index >= 15 is 0 Å². The Kier molecular flexibility index (Phi) is 5.23. The molecule has 0 amide bonds. The minimum Gasteiger partial charge on any atom is -0.392 e. The van der Waals surface area contributed by atoms with Crippen LogP contribution in [0.15, 0.2) is 0 Å². The van der Waals surface area contributed by atoms with Crippen molar-refractivity contribution in [2.24, 2.45) is 11.1 Å². The molecule has 2 atom stereocenters. The van der Waals surface area contributed by atoms with Crippen LogP contribution in [0.5, 0.6) is 0 Å². The summed E-state index contributed by atoms with van der Waals surface area (Å²) in [5.74, 6) is 1.11. The Labute approximate surface area is 90.4 Å². The van der Waals surface area contributed by atoms with E-state index in [1.165, 1.54) is 0 Å². The number of rotatable bonds is 6. The number of hydrogen-bond donors (Lipinski definition) is 2. The quantitative estimate of drug-likeness (QED) is 0.651. The number of ether oxygens (including phenoxy) is 1. The van der Waals surface area contributed by atoms with Gasteiger partial charge in [0.05, 0.1) is 12.7 Å². The van der Waals surface area contributed by atoms with E-state index in [2.05, 4.69) is 6.26 Å². The average molecular weight is 219 g/mol. The van der Waals surface area contributed by atoms with Gasteiger partial charge in [-0.1, -0.05) is 0 Å². The van der Waals surface area contributed by atoms with E-state index in [0.717, 1.165) is 31.6 Å². The molecule has 0 aliphatic carbocycles. The monoisotopic (exact) mass is 219 g/mol. The summed E-state index contributed by atoms with van der Waals surface area (Å²) in [6.45, 7) is 1.91. The molecule has 1 fully saturated rings. The summed E-state index contributed by atoms with van der Waals surface area (Å²) in [6.07, 6.45) is 4.61. The van der Waals surface area contributed by atoms with Crippen LogP contribution in [0.1, 0.15) is 19.3 Å². The van der Waals surface area contributed by atoms with Crippen molar-refractivity contribution in [1.29, 1.82) is 0 Å². The topological polar surface area (TPSA) is 55.5 Å². The molecule has 4 heteroatoms. The van der Waals surface area contributed by atoms with Gasteiger partial charge < -0.3 is 15.6 Å². The van der Waals surface area contributed by atoms with Crippen molar-refractivity contribution in [3.8, 4) is 0 Å². The average Bonchev–Trinajstić information content (AvgIpc) is 2.67. The molecule has 0 radical (unpaired) electrons. The van der Waals surface area contributed by atoms with E-state index in [-0.39, 0.29) is 11.5 Å². The predicted octanol–water partition coefficient (Wildman–Crippen LogP) is 0.856. The van der Waals surface area contributed by atoms with Crippen LogP contribution in [-0.4, -0.2) is 43.0 Å². The van der Waals surface area contributed by atoms with Crippen molar-refractivity contribution >= 4 is 11.8 Å². The lowest BCUT2D eigenvalue weighted by Gasteiger charge is -2.31. The van der Waals surface area contributed by atoms with Crippen LogP contribution in [-0.2, 0) is 4.74 Å². The molecule has 1 aliphatic heterocycles. The predicted molar refractivity (Wildman–Crippen MR) is 60.5 cm³/mol. The fraction of sp³-hybridized carbons (Fsp3) is 1.00. The first-order chi connectivity index (χ1) is 6.75. The van der Waals surface area contributed by atoms with Gasteiger partial charge in [-0.3, -0.25) is 0 Å². The van der Waals surface area contributed by atoms with Gasteiger partial charge in [0, 0.05) is 18.6 Å². The fourth-order valence-electron chi connectivity index (χ4n) is 1.91. The van der Waals surface area contributed by atoms with Crippen LogP contribution in [0.3, 0.4) is 0 Å². The van der Waals surface area contributed by atoms with Gasteiger partial charge in [-0.25, -0.2) is 0 Å². The van der Waals surface area contributed by atoms with Crippen LogP contribution < -0.4 is 5.73 Å². The number of aliphatic hydroxyl groups is 1. The first-order valence-electron chi connectivity index (χ1n) is 5.20. The third-order valence-electron chi connectivity index (χ3n) is 3.07. The second-order valence-corrected chi connectivity index (χ2v) is 5.01. The highest BCUT2D eigenvalue weighted by Gasteiger charge is 2.39. The molecule has 0 spiro atoms. The third kappa shape index (κ3) is 2.86. The van der Waals surface area contributed by atoms with E-state index in [0.29, 0.717) is 13.2 Å². The maximum atomic E-state index is 10.1. The molecule has 0 aromatic heterocycles. The minimum absolute atomic E-state index is 0.154. The molecule has 2 unspecified atom stereocenters. The van der Waals surface area contributed by atoms with Gasteiger partial charge in [-0.2, -0.15) is 11.8 Å². The smallest absolute Gasteiger partial charge is 0.0631 e. The SMILES string of the molecule is CSCCCC(O)C1(CN)CCOC1. The zero-order chi connectivity index (χ0) is 10.4. The van der Waals surface area contributed by atoms with Crippen molar-refractivity contribution < 1.29 is 9.84 Å². The lowest BCUT2D eigenvalue weighted by Crippen LogP contribution is -2.42. The molecule has 1 rings (SSSR count). The lowest BCUT2D eigenvalue weighted by atomic mass is 9.79. The Bertz CT molecular complexity index is 160. The van der Waals surface area contributed by atoms with Crippen LogP contribution in [0, 0.1) is 5.41 Å². The molecule has 0 aromatic carbocycles. The van der Waals surface area contributed by atoms with Crippen molar-refractivity contribution in [2.75, 3.05) is 31.8 Å². The van der Waals surface area contributed by atoms with Gasteiger partial charge in [-0.05, 0) is 31.3 Å². The van der Waals surface area contributed by atoms with Crippen molar-refractivity contribution in [3.63, 3.8) is 0 Å². The summed E-state index contributed by atoms with van der Waals surface area (Å²) >= 11 is 1.82. The Hall–Kier alpha value is 0.230. The zero-order valence-corrected chi connectivity index (χ0v) is 9.68. The van der Waals surface area contributed by atoms with Gasteiger partial charge in [0.25, 0.3) is 0 Å². The number of aliphatic hydroxyl groups excluding tert-OH is 1. The number of hydrogen-bond acceptors (Lipinski definition) is 4. The Morgan fingerprint density at radius 3 is 2.93 bits per heavy atom.